The van der Waals surface area contributed by atoms with E-state index in [0.29, 0.717) is 19.4 Å². The monoisotopic (exact) mass is 1180 g/mol. The number of esters is 1. The van der Waals surface area contributed by atoms with Crippen molar-refractivity contribution in [3.63, 3.8) is 0 Å². The summed E-state index contributed by atoms with van der Waals surface area (Å²) in [5, 5.41) is 23.3. The Hall–Kier alpha value is -1.40. The molecular formula is C78H153NO5. The zero-order valence-electron chi connectivity index (χ0n) is 57.4. The number of allylic oxidation sites excluding steroid dienone is 1. The van der Waals surface area contributed by atoms with Crippen LogP contribution in [0.5, 0.6) is 0 Å². The summed E-state index contributed by atoms with van der Waals surface area (Å²) < 4.78 is 5.48. The van der Waals surface area contributed by atoms with Gasteiger partial charge in [-0.15, -0.1) is 0 Å². The molecule has 0 fully saturated rings. The highest BCUT2D eigenvalue weighted by molar-refractivity contribution is 5.76. The Kier molecular flexibility index (Phi) is 72.8. The molecule has 0 saturated carbocycles. The second kappa shape index (κ2) is 74.1. The summed E-state index contributed by atoms with van der Waals surface area (Å²) in [5.41, 5.74) is 0. The molecule has 0 aliphatic heterocycles. The lowest BCUT2D eigenvalue weighted by Crippen LogP contribution is -2.45. The summed E-state index contributed by atoms with van der Waals surface area (Å²) in [4.78, 5) is 24.6. The largest absolute Gasteiger partial charge is 0.466 e. The summed E-state index contributed by atoms with van der Waals surface area (Å²) >= 11 is 0. The third-order valence-corrected chi connectivity index (χ3v) is 18.6. The van der Waals surface area contributed by atoms with E-state index in [9.17, 15) is 19.8 Å². The maximum absolute atomic E-state index is 12.6. The van der Waals surface area contributed by atoms with Crippen molar-refractivity contribution in [2.75, 3.05) is 13.2 Å². The van der Waals surface area contributed by atoms with Crippen molar-refractivity contribution in [3.8, 4) is 0 Å². The molecular weight excluding hydrogens is 1030 g/mol. The Labute approximate surface area is 527 Å². The Bertz CT molecular complexity index is 1270. The topological polar surface area (TPSA) is 95.9 Å². The summed E-state index contributed by atoms with van der Waals surface area (Å²) in [6.07, 6.45) is 93.3. The lowest BCUT2D eigenvalue weighted by atomic mass is 10.0. The Morgan fingerprint density at radius 1 is 0.321 bits per heavy atom. The highest BCUT2D eigenvalue weighted by Gasteiger charge is 2.18. The second-order valence-electron chi connectivity index (χ2n) is 27.1. The lowest BCUT2D eigenvalue weighted by molar-refractivity contribution is -0.143. The summed E-state index contributed by atoms with van der Waals surface area (Å²) in [7, 11) is 0. The molecule has 84 heavy (non-hydrogen) atoms. The average Bonchev–Trinajstić information content (AvgIpc) is 3.52. The van der Waals surface area contributed by atoms with Crippen molar-refractivity contribution in [3.05, 3.63) is 12.2 Å². The predicted octanol–water partition coefficient (Wildman–Crippen LogP) is 25.5. The molecule has 2 unspecified atom stereocenters. The van der Waals surface area contributed by atoms with Gasteiger partial charge >= 0.3 is 5.97 Å². The molecule has 3 N–H and O–H groups in total. The number of unbranched alkanes of at least 4 members (excludes halogenated alkanes) is 63. The Balaban J connectivity index is 3.36. The van der Waals surface area contributed by atoms with Crippen molar-refractivity contribution in [1.29, 1.82) is 0 Å². The van der Waals surface area contributed by atoms with E-state index in [1.54, 1.807) is 6.08 Å². The van der Waals surface area contributed by atoms with Crippen LogP contribution in [0.1, 0.15) is 450 Å². The second-order valence-corrected chi connectivity index (χ2v) is 27.1. The first-order valence-corrected chi connectivity index (χ1v) is 39.0. The number of rotatable bonds is 74. The number of aliphatic hydroxyl groups excluding tert-OH is 2. The number of hydrogen-bond donors (Lipinski definition) is 3. The van der Waals surface area contributed by atoms with E-state index in [0.717, 1.165) is 38.5 Å². The van der Waals surface area contributed by atoms with Crippen LogP contribution in [-0.2, 0) is 14.3 Å². The van der Waals surface area contributed by atoms with Gasteiger partial charge in [-0.3, -0.25) is 9.59 Å². The Morgan fingerprint density at radius 3 is 0.810 bits per heavy atom. The SMILES string of the molecule is CCCCCCCCCCCCCCCCCCCCCCCCC/C=C/C(O)C(CO)NC(=O)CCCCCCCCCCCCCCCCCCCCCCCCCCCCCCCCCOC(=O)CCCCCCCCCCCCC. The standard InChI is InChI=1S/C78H153NO5/c1-3-5-7-9-11-13-15-16-17-18-19-20-21-29-32-35-38-41-44-47-51-54-58-62-66-70-76(81)75(74-80)79-77(82)71-67-63-59-55-52-48-45-42-39-36-33-30-27-25-23-22-24-26-28-31-34-37-40-43-46-49-53-57-61-65-69-73-84-78(83)72-68-64-60-56-50-14-12-10-8-6-4-2/h66,70,75-76,80-81H,3-65,67-69,71-74H2,1-2H3,(H,79,82)/b70-66+. The third-order valence-electron chi connectivity index (χ3n) is 18.6. The molecule has 0 bridgehead atoms. The first-order chi connectivity index (χ1) is 41.5. The normalized spacial score (nSPS) is 12.5. The molecule has 6 nitrogen and oxygen atoms in total. The van der Waals surface area contributed by atoms with Gasteiger partial charge in [0, 0.05) is 12.8 Å². The zero-order chi connectivity index (χ0) is 60.6. The van der Waals surface area contributed by atoms with Gasteiger partial charge in [-0.25, -0.2) is 0 Å². The van der Waals surface area contributed by atoms with E-state index in [4.69, 9.17) is 4.74 Å². The quantitative estimate of drug-likeness (QED) is 0.0320. The van der Waals surface area contributed by atoms with Gasteiger partial charge in [0.15, 0.2) is 0 Å². The minimum atomic E-state index is -0.842. The van der Waals surface area contributed by atoms with Crippen LogP contribution in [-0.4, -0.2) is 47.4 Å². The molecule has 0 aromatic carbocycles. The van der Waals surface area contributed by atoms with Crippen LogP contribution in [0.15, 0.2) is 12.2 Å². The minimum Gasteiger partial charge on any atom is -0.466 e. The van der Waals surface area contributed by atoms with Crippen LogP contribution < -0.4 is 5.32 Å². The first-order valence-electron chi connectivity index (χ1n) is 39.0. The number of carbonyl (C=O) groups excluding carboxylic acids is 2. The molecule has 0 saturated heterocycles. The van der Waals surface area contributed by atoms with Gasteiger partial charge in [0.2, 0.25) is 5.91 Å². The zero-order valence-corrected chi connectivity index (χ0v) is 57.4. The highest BCUT2D eigenvalue weighted by atomic mass is 16.5. The number of hydrogen-bond acceptors (Lipinski definition) is 5. The molecule has 0 aromatic heterocycles. The smallest absolute Gasteiger partial charge is 0.305 e. The van der Waals surface area contributed by atoms with Crippen LogP contribution in [0.25, 0.3) is 0 Å². The van der Waals surface area contributed by atoms with Crippen molar-refractivity contribution >= 4 is 11.9 Å². The summed E-state index contributed by atoms with van der Waals surface area (Å²) in [6.45, 7) is 4.96. The van der Waals surface area contributed by atoms with Crippen molar-refractivity contribution < 1.29 is 24.5 Å². The summed E-state index contributed by atoms with van der Waals surface area (Å²) in [5.74, 6) is -0.0367. The fourth-order valence-electron chi connectivity index (χ4n) is 12.6. The van der Waals surface area contributed by atoms with Crippen molar-refractivity contribution in [2.24, 2.45) is 0 Å². The van der Waals surface area contributed by atoms with Gasteiger partial charge in [0.25, 0.3) is 0 Å². The van der Waals surface area contributed by atoms with Gasteiger partial charge in [-0.05, 0) is 32.1 Å². The number of carbonyl (C=O) groups is 2. The number of ether oxygens (including phenoxy) is 1. The minimum absolute atomic E-state index is 0.0212. The molecule has 6 heteroatoms. The molecule has 0 spiro atoms. The maximum atomic E-state index is 12.6. The Morgan fingerprint density at radius 2 is 0.548 bits per heavy atom. The molecule has 1 amide bonds. The molecule has 0 aliphatic rings. The van der Waals surface area contributed by atoms with Crippen molar-refractivity contribution in [2.45, 2.75) is 463 Å². The van der Waals surface area contributed by atoms with Gasteiger partial charge in [-0.2, -0.15) is 0 Å². The van der Waals surface area contributed by atoms with Crippen LogP contribution in [0.3, 0.4) is 0 Å². The van der Waals surface area contributed by atoms with E-state index in [-0.39, 0.29) is 18.5 Å². The molecule has 0 rings (SSSR count). The number of aliphatic hydroxyl groups is 2. The third kappa shape index (κ3) is 69.7. The molecule has 2 atom stereocenters. The first kappa shape index (κ1) is 82.6. The van der Waals surface area contributed by atoms with Gasteiger partial charge in [0.1, 0.15) is 0 Å². The fourth-order valence-corrected chi connectivity index (χ4v) is 12.6. The van der Waals surface area contributed by atoms with Crippen LogP contribution in [0.2, 0.25) is 0 Å². The van der Waals surface area contributed by atoms with E-state index in [1.165, 1.54) is 385 Å². The van der Waals surface area contributed by atoms with E-state index in [1.807, 2.05) is 6.08 Å². The molecule has 0 aliphatic carbocycles. The van der Waals surface area contributed by atoms with Crippen LogP contribution in [0, 0.1) is 0 Å². The van der Waals surface area contributed by atoms with E-state index in [2.05, 4.69) is 19.2 Å². The van der Waals surface area contributed by atoms with E-state index < -0.39 is 12.1 Å². The van der Waals surface area contributed by atoms with E-state index >= 15 is 0 Å². The number of nitrogens with one attached hydrogen (secondary N) is 1. The predicted molar refractivity (Wildman–Crippen MR) is 370 cm³/mol. The van der Waals surface area contributed by atoms with Crippen LogP contribution >= 0.6 is 0 Å². The summed E-state index contributed by atoms with van der Waals surface area (Å²) in [6, 6.07) is -0.625. The van der Waals surface area contributed by atoms with Gasteiger partial charge in [-0.1, -0.05) is 418 Å². The van der Waals surface area contributed by atoms with Crippen molar-refractivity contribution in [1.82, 2.24) is 5.32 Å². The number of amides is 1. The molecule has 500 valence electrons. The molecule has 0 aromatic rings. The molecule has 0 heterocycles. The van der Waals surface area contributed by atoms with Crippen LogP contribution in [0.4, 0.5) is 0 Å². The fraction of sp³-hybridized carbons (Fsp3) is 0.949. The van der Waals surface area contributed by atoms with Gasteiger partial charge < -0.3 is 20.3 Å². The van der Waals surface area contributed by atoms with Gasteiger partial charge in [0.05, 0.1) is 25.4 Å². The lowest BCUT2D eigenvalue weighted by Gasteiger charge is -2.20. The molecule has 0 radical (unpaired) electrons. The average molecular weight is 1190 g/mol. The highest BCUT2D eigenvalue weighted by Crippen LogP contribution is 2.20. The maximum Gasteiger partial charge on any atom is 0.305 e.